The lowest BCUT2D eigenvalue weighted by molar-refractivity contribution is 0.0952. The molecule has 0 aliphatic heterocycles. The highest BCUT2D eigenvalue weighted by atomic mass is 16.1. The molecule has 3 heteroatoms. The normalized spacial score (nSPS) is 10.8. The molecule has 0 bridgehead atoms. The molecule has 0 spiro atoms. The summed E-state index contributed by atoms with van der Waals surface area (Å²) in [5.74, 6) is -0.0407. The lowest BCUT2D eigenvalue weighted by Crippen LogP contribution is -2.27. The number of benzene rings is 3. The third-order valence-corrected chi connectivity index (χ3v) is 4.57. The number of rotatable bonds is 5. The summed E-state index contributed by atoms with van der Waals surface area (Å²) in [4.78, 5) is 12.4. The number of hydrogen-bond acceptors (Lipinski definition) is 1. The van der Waals surface area contributed by atoms with Crippen molar-refractivity contribution in [3.8, 4) is 11.1 Å². The second-order valence-electron chi connectivity index (χ2n) is 6.27. The van der Waals surface area contributed by atoms with E-state index in [9.17, 15) is 4.79 Å². The predicted octanol–water partition coefficient (Wildman–Crippen LogP) is 4.74. The number of carbonyl (C=O) groups excluding carboxylic acids is 1. The minimum atomic E-state index is -0.0407. The van der Waals surface area contributed by atoms with Crippen LogP contribution in [0.2, 0.25) is 0 Å². The summed E-state index contributed by atoms with van der Waals surface area (Å²) in [6.07, 6.45) is 2.06. The number of amides is 1. The van der Waals surface area contributed by atoms with E-state index in [-0.39, 0.29) is 5.91 Å². The number of aromatic nitrogens is 1. The maximum Gasteiger partial charge on any atom is 0.251 e. The van der Waals surface area contributed by atoms with Gasteiger partial charge in [0, 0.05) is 30.4 Å². The molecule has 0 aliphatic carbocycles. The Labute approximate surface area is 152 Å². The molecule has 1 aromatic heterocycles. The van der Waals surface area contributed by atoms with Crippen molar-refractivity contribution < 1.29 is 4.79 Å². The molecule has 0 atom stereocenters. The average molecular weight is 340 g/mol. The number of carbonyl (C=O) groups is 1. The molecule has 0 saturated heterocycles. The van der Waals surface area contributed by atoms with Gasteiger partial charge in [-0.2, -0.15) is 0 Å². The quantitative estimate of drug-likeness (QED) is 0.559. The van der Waals surface area contributed by atoms with Crippen LogP contribution in [0.25, 0.3) is 22.0 Å². The van der Waals surface area contributed by atoms with E-state index in [1.165, 1.54) is 10.9 Å². The minimum Gasteiger partial charge on any atom is -0.350 e. The first kappa shape index (κ1) is 16.2. The van der Waals surface area contributed by atoms with E-state index in [1.54, 1.807) is 0 Å². The Morgan fingerprint density at radius 3 is 2.27 bits per heavy atom. The Hall–Kier alpha value is -3.33. The smallest absolute Gasteiger partial charge is 0.251 e. The molecule has 0 aliphatic rings. The molecule has 0 saturated carbocycles. The molecule has 0 radical (unpaired) electrons. The van der Waals surface area contributed by atoms with Gasteiger partial charge in [-0.1, -0.05) is 60.7 Å². The molecule has 0 unspecified atom stereocenters. The van der Waals surface area contributed by atoms with Crippen LogP contribution in [0.15, 0.2) is 91.1 Å². The van der Waals surface area contributed by atoms with Crippen LogP contribution in [0, 0.1) is 0 Å². The fraction of sp³-hybridized carbons (Fsp3) is 0.0870. The monoisotopic (exact) mass is 340 g/mol. The number of nitrogens with zero attached hydrogens (tertiary/aromatic N) is 1. The van der Waals surface area contributed by atoms with Crippen molar-refractivity contribution in [3.63, 3.8) is 0 Å². The number of para-hydroxylation sites is 1. The molecule has 0 fully saturated rings. The van der Waals surface area contributed by atoms with Gasteiger partial charge in [0.05, 0.1) is 0 Å². The fourth-order valence-electron chi connectivity index (χ4n) is 3.17. The number of fused-ring (bicyclic) bond motifs is 1. The SMILES string of the molecule is O=C(NCCn1ccc2ccccc21)c1ccc(-c2ccccc2)cc1. The van der Waals surface area contributed by atoms with Gasteiger partial charge >= 0.3 is 0 Å². The van der Waals surface area contributed by atoms with E-state index in [0.717, 1.165) is 17.7 Å². The summed E-state index contributed by atoms with van der Waals surface area (Å²) in [5, 5.41) is 4.22. The Bertz CT molecular complexity index is 1020. The first-order chi connectivity index (χ1) is 12.8. The maximum atomic E-state index is 12.4. The van der Waals surface area contributed by atoms with Crippen LogP contribution in [0.5, 0.6) is 0 Å². The van der Waals surface area contributed by atoms with E-state index in [2.05, 4.69) is 46.4 Å². The van der Waals surface area contributed by atoms with Crippen molar-refractivity contribution in [1.82, 2.24) is 9.88 Å². The van der Waals surface area contributed by atoms with Gasteiger partial charge in [-0.3, -0.25) is 4.79 Å². The Morgan fingerprint density at radius 2 is 1.46 bits per heavy atom. The fourth-order valence-corrected chi connectivity index (χ4v) is 3.17. The highest BCUT2D eigenvalue weighted by Crippen LogP contribution is 2.19. The van der Waals surface area contributed by atoms with Crippen LogP contribution in [-0.4, -0.2) is 17.0 Å². The van der Waals surface area contributed by atoms with E-state index in [0.29, 0.717) is 12.1 Å². The summed E-state index contributed by atoms with van der Waals surface area (Å²) >= 11 is 0. The summed E-state index contributed by atoms with van der Waals surface area (Å²) < 4.78 is 2.16. The molecule has 26 heavy (non-hydrogen) atoms. The van der Waals surface area contributed by atoms with Crippen molar-refractivity contribution in [2.45, 2.75) is 6.54 Å². The first-order valence-corrected chi connectivity index (χ1v) is 8.79. The number of hydrogen-bond donors (Lipinski definition) is 1. The molecule has 1 N–H and O–H groups in total. The maximum absolute atomic E-state index is 12.4. The van der Waals surface area contributed by atoms with Crippen LogP contribution in [0.1, 0.15) is 10.4 Å². The van der Waals surface area contributed by atoms with Crippen LogP contribution in [-0.2, 0) is 6.54 Å². The van der Waals surface area contributed by atoms with Gasteiger partial charge in [-0.05, 0) is 40.8 Å². The van der Waals surface area contributed by atoms with Crippen LogP contribution in [0.3, 0.4) is 0 Å². The molecular formula is C23H20N2O. The molecule has 3 aromatic carbocycles. The highest BCUT2D eigenvalue weighted by molar-refractivity contribution is 5.94. The minimum absolute atomic E-state index is 0.0407. The molecule has 128 valence electrons. The van der Waals surface area contributed by atoms with E-state index in [1.807, 2.05) is 54.6 Å². The molecular weight excluding hydrogens is 320 g/mol. The lowest BCUT2D eigenvalue weighted by Gasteiger charge is -2.08. The number of nitrogens with one attached hydrogen (secondary N) is 1. The van der Waals surface area contributed by atoms with Crippen molar-refractivity contribution in [2.75, 3.05) is 6.54 Å². The van der Waals surface area contributed by atoms with Crippen molar-refractivity contribution >= 4 is 16.8 Å². The Balaban J connectivity index is 1.37. The van der Waals surface area contributed by atoms with Crippen LogP contribution >= 0.6 is 0 Å². The molecule has 3 nitrogen and oxygen atoms in total. The largest absolute Gasteiger partial charge is 0.350 e. The molecule has 1 heterocycles. The molecule has 4 aromatic rings. The van der Waals surface area contributed by atoms with Gasteiger partial charge in [0.2, 0.25) is 0 Å². The van der Waals surface area contributed by atoms with Gasteiger partial charge in [0.1, 0.15) is 0 Å². The van der Waals surface area contributed by atoms with Gasteiger partial charge in [-0.25, -0.2) is 0 Å². The zero-order valence-corrected chi connectivity index (χ0v) is 14.4. The Morgan fingerprint density at radius 1 is 0.769 bits per heavy atom. The van der Waals surface area contributed by atoms with Gasteiger partial charge in [0.15, 0.2) is 0 Å². The summed E-state index contributed by atoms with van der Waals surface area (Å²) in [7, 11) is 0. The predicted molar refractivity (Wildman–Crippen MR) is 106 cm³/mol. The first-order valence-electron chi connectivity index (χ1n) is 8.79. The van der Waals surface area contributed by atoms with E-state index < -0.39 is 0 Å². The van der Waals surface area contributed by atoms with Gasteiger partial charge in [0.25, 0.3) is 5.91 Å². The second kappa shape index (κ2) is 7.28. The second-order valence-corrected chi connectivity index (χ2v) is 6.27. The summed E-state index contributed by atoms with van der Waals surface area (Å²) in [6, 6.07) is 28.3. The highest BCUT2D eigenvalue weighted by Gasteiger charge is 2.06. The van der Waals surface area contributed by atoms with Gasteiger partial charge < -0.3 is 9.88 Å². The summed E-state index contributed by atoms with van der Waals surface area (Å²) in [5.41, 5.74) is 4.14. The zero-order valence-electron chi connectivity index (χ0n) is 14.4. The lowest BCUT2D eigenvalue weighted by atomic mass is 10.0. The standard InChI is InChI=1S/C23H20N2O/c26-23(21-12-10-19(11-13-21)18-6-2-1-3-7-18)24-15-17-25-16-14-20-8-4-5-9-22(20)25/h1-14,16H,15,17H2,(H,24,26). The van der Waals surface area contributed by atoms with E-state index >= 15 is 0 Å². The van der Waals surface area contributed by atoms with Crippen LogP contribution in [0.4, 0.5) is 0 Å². The Kier molecular flexibility index (Phi) is 4.52. The van der Waals surface area contributed by atoms with Crippen molar-refractivity contribution in [3.05, 3.63) is 96.7 Å². The van der Waals surface area contributed by atoms with E-state index in [4.69, 9.17) is 0 Å². The van der Waals surface area contributed by atoms with Crippen molar-refractivity contribution in [2.24, 2.45) is 0 Å². The van der Waals surface area contributed by atoms with Gasteiger partial charge in [-0.15, -0.1) is 0 Å². The molecule has 4 rings (SSSR count). The summed E-state index contributed by atoms with van der Waals surface area (Å²) in [6.45, 7) is 1.35. The van der Waals surface area contributed by atoms with Crippen molar-refractivity contribution in [1.29, 1.82) is 0 Å². The average Bonchev–Trinajstić information content (AvgIpc) is 3.12. The third-order valence-electron chi connectivity index (χ3n) is 4.57. The zero-order chi connectivity index (χ0) is 17.8. The topological polar surface area (TPSA) is 34.0 Å². The van der Waals surface area contributed by atoms with Crippen LogP contribution < -0.4 is 5.32 Å². The third kappa shape index (κ3) is 3.38. The molecule has 1 amide bonds.